The van der Waals surface area contributed by atoms with Crippen molar-refractivity contribution in [3.05, 3.63) is 77.9 Å². The lowest BCUT2D eigenvalue weighted by molar-refractivity contribution is -0.133. The van der Waals surface area contributed by atoms with Crippen molar-refractivity contribution in [2.45, 2.75) is 25.3 Å². The van der Waals surface area contributed by atoms with E-state index in [1.165, 1.54) is 0 Å². The number of nitrogens with zero attached hydrogens (tertiary/aromatic N) is 4. The molecular weight excluding hydrogens is 364 g/mol. The Morgan fingerprint density at radius 2 is 2.17 bits per heavy atom. The maximum absolute atomic E-state index is 12.5. The van der Waals surface area contributed by atoms with Crippen LogP contribution in [0.4, 0.5) is 0 Å². The van der Waals surface area contributed by atoms with Crippen molar-refractivity contribution in [2.75, 3.05) is 13.6 Å². The Balaban J connectivity index is 1.59. The van der Waals surface area contributed by atoms with Crippen LogP contribution in [0, 0.1) is 11.3 Å². The number of carbonyl (C=O) groups excluding carboxylic acids is 1. The summed E-state index contributed by atoms with van der Waals surface area (Å²) in [4.78, 5) is 18.4. The number of likely N-dealkylation sites (tertiary alicyclic amines) is 1. The average Bonchev–Trinajstić information content (AvgIpc) is 3.24. The molecule has 1 fully saturated rings. The van der Waals surface area contributed by atoms with E-state index in [9.17, 15) is 10.1 Å². The number of nitriles is 1. The molecule has 1 atom stereocenters. The molecule has 6 nitrogen and oxygen atoms in total. The topological polar surface area (TPSA) is 71.2 Å². The van der Waals surface area contributed by atoms with Gasteiger partial charge < -0.3 is 14.2 Å². The van der Waals surface area contributed by atoms with Gasteiger partial charge in [0.05, 0.1) is 17.8 Å². The molecule has 4 rings (SSSR count). The largest absolute Gasteiger partial charge is 0.456 e. The molecular formula is C23H22N4O2. The summed E-state index contributed by atoms with van der Waals surface area (Å²) in [6.45, 7) is 1.45. The first kappa shape index (κ1) is 18.8. The normalized spacial score (nSPS) is 16.5. The molecule has 29 heavy (non-hydrogen) atoms. The van der Waals surface area contributed by atoms with E-state index in [-0.39, 0.29) is 11.8 Å². The molecule has 3 aromatic rings. The number of hydrogen-bond donors (Lipinski definition) is 0. The van der Waals surface area contributed by atoms with E-state index < -0.39 is 0 Å². The Kier molecular flexibility index (Phi) is 5.30. The Bertz CT molecular complexity index is 1050. The Hall–Kier alpha value is -3.59. The third-order valence-corrected chi connectivity index (χ3v) is 5.24. The minimum atomic E-state index is -0.139. The molecule has 1 aliphatic rings. The summed E-state index contributed by atoms with van der Waals surface area (Å²) in [6.07, 6.45) is 7.21. The Labute approximate surface area is 170 Å². The van der Waals surface area contributed by atoms with Gasteiger partial charge in [0.1, 0.15) is 17.6 Å². The Morgan fingerprint density at radius 1 is 1.28 bits per heavy atom. The lowest BCUT2D eigenvalue weighted by Crippen LogP contribution is -2.36. The molecule has 2 heterocycles. The maximum Gasteiger partial charge on any atom is 0.229 e. The second-order valence-electron chi connectivity index (χ2n) is 7.31. The van der Waals surface area contributed by atoms with Crippen molar-refractivity contribution in [1.29, 1.82) is 5.26 Å². The highest BCUT2D eigenvalue weighted by atomic mass is 16.5. The minimum absolute atomic E-state index is 0.139. The van der Waals surface area contributed by atoms with Crippen LogP contribution in [0.25, 0.3) is 0 Å². The van der Waals surface area contributed by atoms with Crippen LogP contribution in [0.5, 0.6) is 11.5 Å². The van der Waals surface area contributed by atoms with Gasteiger partial charge in [0, 0.05) is 32.5 Å². The third kappa shape index (κ3) is 4.14. The van der Waals surface area contributed by atoms with Crippen LogP contribution in [0.15, 0.2) is 61.2 Å². The number of imidazole rings is 1. The number of ether oxygens (including phenoxy) is 1. The molecule has 6 heteroatoms. The van der Waals surface area contributed by atoms with Gasteiger partial charge in [-0.3, -0.25) is 4.79 Å². The quantitative estimate of drug-likeness (QED) is 0.666. The van der Waals surface area contributed by atoms with Crippen molar-refractivity contribution in [3.8, 4) is 17.6 Å². The number of piperidine rings is 1. The summed E-state index contributed by atoms with van der Waals surface area (Å²) in [5.74, 6) is 1.14. The first-order chi connectivity index (χ1) is 14.1. The zero-order valence-electron chi connectivity index (χ0n) is 16.3. The highest BCUT2D eigenvalue weighted by molar-refractivity contribution is 5.84. The van der Waals surface area contributed by atoms with Crippen LogP contribution < -0.4 is 4.74 Å². The molecule has 146 valence electrons. The second kappa shape index (κ2) is 8.19. The standard InChI is InChI=1S/C23H22N4O2/c1-26-10-3-6-21(23(26)28)18-4-2-5-20(13-18)29-22-12-17(7-8-19(22)14-24)15-27-11-9-25-16-27/h2,4-5,7-9,11-13,16,21H,3,6,10,15H2,1H3. The van der Waals surface area contributed by atoms with E-state index in [1.54, 1.807) is 23.5 Å². The van der Waals surface area contributed by atoms with Crippen molar-refractivity contribution in [2.24, 2.45) is 0 Å². The molecule has 1 saturated heterocycles. The molecule has 0 saturated carbocycles. The van der Waals surface area contributed by atoms with Crippen molar-refractivity contribution in [3.63, 3.8) is 0 Å². The SMILES string of the molecule is CN1CCCC(c2cccc(Oc3cc(Cn4ccnc4)ccc3C#N)c2)C1=O. The fourth-order valence-corrected chi connectivity index (χ4v) is 3.70. The summed E-state index contributed by atoms with van der Waals surface area (Å²) >= 11 is 0. The molecule has 0 radical (unpaired) electrons. The molecule has 0 spiro atoms. The van der Waals surface area contributed by atoms with Crippen LogP contribution in [-0.2, 0) is 11.3 Å². The molecule has 1 unspecified atom stereocenters. The number of aromatic nitrogens is 2. The fourth-order valence-electron chi connectivity index (χ4n) is 3.70. The van der Waals surface area contributed by atoms with Crippen LogP contribution in [-0.4, -0.2) is 34.0 Å². The summed E-state index contributed by atoms with van der Waals surface area (Å²) in [7, 11) is 1.85. The number of benzene rings is 2. The van der Waals surface area contributed by atoms with Gasteiger partial charge in [0.15, 0.2) is 0 Å². The van der Waals surface area contributed by atoms with Crippen molar-refractivity contribution < 1.29 is 9.53 Å². The molecule has 1 aliphatic heterocycles. The predicted octanol–water partition coefficient (Wildman–Crippen LogP) is 3.93. The Morgan fingerprint density at radius 3 is 2.97 bits per heavy atom. The molecule has 0 N–H and O–H groups in total. The van der Waals surface area contributed by atoms with Gasteiger partial charge in [-0.25, -0.2) is 4.98 Å². The highest BCUT2D eigenvalue weighted by Crippen LogP contribution is 2.32. The number of hydrogen-bond acceptors (Lipinski definition) is 4. The summed E-state index contributed by atoms with van der Waals surface area (Å²) in [5, 5.41) is 9.47. The van der Waals surface area contributed by atoms with Crippen molar-refractivity contribution in [1.82, 2.24) is 14.5 Å². The van der Waals surface area contributed by atoms with Crippen molar-refractivity contribution >= 4 is 5.91 Å². The van der Waals surface area contributed by atoms with E-state index in [1.807, 2.05) is 54.2 Å². The summed E-state index contributed by atoms with van der Waals surface area (Å²) in [6, 6.07) is 15.4. The average molecular weight is 386 g/mol. The molecule has 2 aromatic carbocycles. The maximum atomic E-state index is 12.5. The van der Waals surface area contributed by atoms with Gasteiger partial charge in [-0.2, -0.15) is 5.26 Å². The number of carbonyl (C=O) groups is 1. The second-order valence-corrected chi connectivity index (χ2v) is 7.31. The van der Waals surface area contributed by atoms with E-state index in [4.69, 9.17) is 4.74 Å². The van der Waals surface area contributed by atoms with Gasteiger partial charge in [-0.05, 0) is 48.2 Å². The minimum Gasteiger partial charge on any atom is -0.456 e. The van der Waals surface area contributed by atoms with E-state index in [0.717, 1.165) is 30.5 Å². The van der Waals surface area contributed by atoms with E-state index >= 15 is 0 Å². The zero-order valence-corrected chi connectivity index (χ0v) is 16.3. The first-order valence-electron chi connectivity index (χ1n) is 9.65. The highest BCUT2D eigenvalue weighted by Gasteiger charge is 2.27. The van der Waals surface area contributed by atoms with Gasteiger partial charge in [0.2, 0.25) is 5.91 Å². The molecule has 1 aromatic heterocycles. The number of rotatable bonds is 5. The van der Waals surface area contributed by atoms with Crippen LogP contribution in [0.2, 0.25) is 0 Å². The first-order valence-corrected chi connectivity index (χ1v) is 9.65. The molecule has 1 amide bonds. The summed E-state index contributed by atoms with van der Waals surface area (Å²) in [5.41, 5.74) is 2.43. The lowest BCUT2D eigenvalue weighted by Gasteiger charge is -2.29. The zero-order chi connectivity index (χ0) is 20.2. The van der Waals surface area contributed by atoms with E-state index in [2.05, 4.69) is 11.1 Å². The fraction of sp³-hybridized carbons (Fsp3) is 0.261. The van der Waals surface area contributed by atoms with Crippen LogP contribution in [0.3, 0.4) is 0 Å². The monoisotopic (exact) mass is 386 g/mol. The van der Waals surface area contributed by atoms with Crippen LogP contribution >= 0.6 is 0 Å². The van der Waals surface area contributed by atoms with Gasteiger partial charge in [-0.1, -0.05) is 18.2 Å². The summed E-state index contributed by atoms with van der Waals surface area (Å²) < 4.78 is 8.04. The van der Waals surface area contributed by atoms with Crippen LogP contribution in [0.1, 0.15) is 35.4 Å². The lowest BCUT2D eigenvalue weighted by atomic mass is 9.90. The third-order valence-electron chi connectivity index (χ3n) is 5.24. The number of likely N-dealkylation sites (N-methyl/N-ethyl adjacent to an activating group) is 1. The van der Waals surface area contributed by atoms with Gasteiger partial charge in [0.25, 0.3) is 0 Å². The molecule has 0 bridgehead atoms. The number of amides is 1. The van der Waals surface area contributed by atoms with Gasteiger partial charge in [-0.15, -0.1) is 0 Å². The smallest absolute Gasteiger partial charge is 0.229 e. The van der Waals surface area contributed by atoms with Gasteiger partial charge >= 0.3 is 0 Å². The predicted molar refractivity (Wildman–Crippen MR) is 109 cm³/mol. The molecule has 0 aliphatic carbocycles. The van der Waals surface area contributed by atoms with E-state index in [0.29, 0.717) is 23.6 Å².